The summed E-state index contributed by atoms with van der Waals surface area (Å²) in [6.45, 7) is 1.77. The van der Waals surface area contributed by atoms with Gasteiger partial charge in [0.1, 0.15) is 0 Å². The Labute approximate surface area is 135 Å². The monoisotopic (exact) mass is 304 g/mol. The summed E-state index contributed by atoms with van der Waals surface area (Å²) in [6, 6.07) is 18.1. The SMILES string of the molecule is CC#CCN1C(=O)NC(c2ccccc2)(c2ccccc2)C1=O. The molecule has 1 heterocycles. The number of hydrogen-bond donors (Lipinski definition) is 1. The smallest absolute Gasteiger partial charge is 0.315 e. The van der Waals surface area contributed by atoms with E-state index in [1.165, 1.54) is 0 Å². The third kappa shape index (κ3) is 2.36. The van der Waals surface area contributed by atoms with Gasteiger partial charge in [-0.15, -0.1) is 5.92 Å². The summed E-state index contributed by atoms with van der Waals surface area (Å²) in [5.41, 5.74) is 0.266. The van der Waals surface area contributed by atoms with Crippen molar-refractivity contribution in [2.24, 2.45) is 0 Å². The molecular formula is C19H16N2O2. The van der Waals surface area contributed by atoms with Crippen molar-refractivity contribution in [3.05, 3.63) is 71.8 Å². The fourth-order valence-electron chi connectivity index (χ4n) is 2.81. The van der Waals surface area contributed by atoms with Crippen LogP contribution in [0.5, 0.6) is 0 Å². The molecule has 0 saturated carbocycles. The van der Waals surface area contributed by atoms with Crippen molar-refractivity contribution in [3.63, 3.8) is 0 Å². The lowest BCUT2D eigenvalue weighted by Crippen LogP contribution is -2.45. The van der Waals surface area contributed by atoms with E-state index in [1.54, 1.807) is 6.92 Å². The molecule has 0 aromatic heterocycles. The van der Waals surface area contributed by atoms with Crippen LogP contribution in [0.15, 0.2) is 60.7 Å². The van der Waals surface area contributed by atoms with Crippen LogP contribution >= 0.6 is 0 Å². The zero-order chi connectivity index (χ0) is 16.3. The van der Waals surface area contributed by atoms with Crippen LogP contribution in [-0.4, -0.2) is 23.4 Å². The molecule has 1 fully saturated rings. The molecule has 1 aliphatic rings. The Morgan fingerprint density at radius 3 is 1.96 bits per heavy atom. The number of hydrogen-bond acceptors (Lipinski definition) is 2. The maximum atomic E-state index is 13.1. The fraction of sp³-hybridized carbons (Fsp3) is 0.158. The van der Waals surface area contributed by atoms with Gasteiger partial charge in [-0.05, 0) is 18.1 Å². The average Bonchev–Trinajstić information content (AvgIpc) is 2.86. The summed E-state index contributed by atoms with van der Waals surface area (Å²) in [4.78, 5) is 26.7. The number of rotatable bonds is 3. The Bertz CT molecular complexity index is 749. The van der Waals surface area contributed by atoms with Crippen LogP contribution < -0.4 is 5.32 Å². The Balaban J connectivity index is 2.16. The number of nitrogens with one attached hydrogen (secondary N) is 1. The summed E-state index contributed by atoms with van der Waals surface area (Å²) in [7, 11) is 0. The first kappa shape index (κ1) is 14.9. The summed E-state index contributed by atoms with van der Waals surface area (Å²) in [5, 5.41) is 2.88. The van der Waals surface area contributed by atoms with E-state index >= 15 is 0 Å². The number of amides is 3. The lowest BCUT2D eigenvalue weighted by atomic mass is 9.82. The van der Waals surface area contributed by atoms with Gasteiger partial charge < -0.3 is 5.32 Å². The van der Waals surface area contributed by atoms with Crippen molar-refractivity contribution in [3.8, 4) is 11.8 Å². The van der Waals surface area contributed by atoms with Gasteiger partial charge in [0.05, 0.1) is 6.54 Å². The molecule has 23 heavy (non-hydrogen) atoms. The van der Waals surface area contributed by atoms with E-state index < -0.39 is 11.6 Å². The molecule has 1 N–H and O–H groups in total. The second kappa shape index (κ2) is 5.98. The molecule has 0 radical (unpaired) electrons. The molecule has 0 aliphatic carbocycles. The summed E-state index contributed by atoms with van der Waals surface area (Å²) in [5.74, 6) is 5.20. The standard InChI is InChI=1S/C19H16N2O2/c1-2-3-14-21-17(22)19(20-18(21)23,15-10-6-4-7-11-15)16-12-8-5-9-13-16/h4-13H,14H2,1H3,(H,20,23). The van der Waals surface area contributed by atoms with E-state index in [0.29, 0.717) is 0 Å². The number of carbonyl (C=O) groups is 2. The van der Waals surface area contributed by atoms with Gasteiger partial charge in [-0.2, -0.15) is 0 Å². The molecule has 2 aromatic carbocycles. The number of nitrogens with zero attached hydrogens (tertiary/aromatic N) is 1. The van der Waals surface area contributed by atoms with E-state index in [-0.39, 0.29) is 12.5 Å². The molecule has 0 atom stereocenters. The molecule has 4 heteroatoms. The quantitative estimate of drug-likeness (QED) is 0.699. The van der Waals surface area contributed by atoms with Crippen LogP contribution in [-0.2, 0) is 10.3 Å². The van der Waals surface area contributed by atoms with Crippen LogP contribution in [0.3, 0.4) is 0 Å². The van der Waals surface area contributed by atoms with Crippen LogP contribution in [0.2, 0.25) is 0 Å². The van der Waals surface area contributed by atoms with Gasteiger partial charge in [-0.3, -0.25) is 4.79 Å². The van der Waals surface area contributed by atoms with Crippen LogP contribution in [0, 0.1) is 11.8 Å². The minimum atomic E-state index is -1.20. The minimum Gasteiger partial charge on any atom is -0.315 e. The fourth-order valence-corrected chi connectivity index (χ4v) is 2.81. The van der Waals surface area contributed by atoms with Crippen molar-refractivity contribution < 1.29 is 9.59 Å². The first-order valence-electron chi connectivity index (χ1n) is 7.35. The second-order valence-corrected chi connectivity index (χ2v) is 5.23. The van der Waals surface area contributed by atoms with E-state index in [0.717, 1.165) is 16.0 Å². The average molecular weight is 304 g/mol. The molecule has 0 bridgehead atoms. The maximum absolute atomic E-state index is 13.1. The highest BCUT2D eigenvalue weighted by atomic mass is 16.2. The van der Waals surface area contributed by atoms with E-state index in [1.807, 2.05) is 60.7 Å². The van der Waals surface area contributed by atoms with Gasteiger partial charge in [0.15, 0.2) is 5.54 Å². The van der Waals surface area contributed by atoms with E-state index in [4.69, 9.17) is 0 Å². The number of carbonyl (C=O) groups excluding carboxylic acids is 2. The van der Waals surface area contributed by atoms with E-state index in [2.05, 4.69) is 17.2 Å². The molecule has 4 nitrogen and oxygen atoms in total. The number of urea groups is 1. The third-order valence-corrected chi connectivity index (χ3v) is 3.93. The highest BCUT2D eigenvalue weighted by molar-refractivity contribution is 6.09. The van der Waals surface area contributed by atoms with E-state index in [9.17, 15) is 9.59 Å². The maximum Gasteiger partial charge on any atom is 0.326 e. The predicted molar refractivity (Wildman–Crippen MR) is 87.4 cm³/mol. The molecule has 3 rings (SSSR count). The number of imide groups is 1. The first-order valence-corrected chi connectivity index (χ1v) is 7.35. The lowest BCUT2D eigenvalue weighted by molar-refractivity contribution is -0.129. The van der Waals surface area contributed by atoms with Crippen molar-refractivity contribution in [2.75, 3.05) is 6.54 Å². The molecule has 0 spiro atoms. The Kier molecular flexibility index (Phi) is 3.86. The summed E-state index contributed by atoms with van der Waals surface area (Å²) >= 11 is 0. The largest absolute Gasteiger partial charge is 0.326 e. The molecule has 3 amide bonds. The van der Waals surface area contributed by atoms with Crippen LogP contribution in [0.1, 0.15) is 18.1 Å². The molecule has 2 aromatic rings. The van der Waals surface area contributed by atoms with Gasteiger partial charge in [0, 0.05) is 0 Å². The third-order valence-electron chi connectivity index (χ3n) is 3.93. The van der Waals surface area contributed by atoms with Crippen molar-refractivity contribution in [1.29, 1.82) is 0 Å². The molecule has 0 unspecified atom stereocenters. The first-order chi connectivity index (χ1) is 11.2. The van der Waals surface area contributed by atoms with Crippen LogP contribution in [0.4, 0.5) is 4.79 Å². The zero-order valence-electron chi connectivity index (χ0n) is 12.7. The summed E-state index contributed by atoms with van der Waals surface area (Å²) in [6.07, 6.45) is 0. The predicted octanol–water partition coefficient (Wildman–Crippen LogP) is 2.51. The zero-order valence-corrected chi connectivity index (χ0v) is 12.7. The topological polar surface area (TPSA) is 49.4 Å². The van der Waals surface area contributed by atoms with Crippen molar-refractivity contribution in [1.82, 2.24) is 10.2 Å². The highest BCUT2D eigenvalue weighted by Crippen LogP contribution is 2.35. The molecule has 1 saturated heterocycles. The van der Waals surface area contributed by atoms with Crippen LogP contribution in [0.25, 0.3) is 0 Å². The van der Waals surface area contributed by atoms with Gasteiger partial charge in [-0.25, -0.2) is 9.69 Å². The second-order valence-electron chi connectivity index (χ2n) is 5.23. The van der Waals surface area contributed by atoms with Gasteiger partial charge in [0.25, 0.3) is 5.91 Å². The molecular weight excluding hydrogens is 288 g/mol. The van der Waals surface area contributed by atoms with Gasteiger partial charge in [0.2, 0.25) is 0 Å². The lowest BCUT2D eigenvalue weighted by Gasteiger charge is -2.27. The normalized spacial score (nSPS) is 15.8. The Morgan fingerprint density at radius 1 is 0.957 bits per heavy atom. The molecule has 1 aliphatic heterocycles. The van der Waals surface area contributed by atoms with Crippen molar-refractivity contribution >= 4 is 11.9 Å². The molecule has 114 valence electrons. The van der Waals surface area contributed by atoms with Gasteiger partial charge >= 0.3 is 6.03 Å². The number of benzene rings is 2. The van der Waals surface area contributed by atoms with Crippen molar-refractivity contribution in [2.45, 2.75) is 12.5 Å². The Hall–Kier alpha value is -3.06. The Morgan fingerprint density at radius 2 is 1.48 bits per heavy atom. The van der Waals surface area contributed by atoms with Gasteiger partial charge in [-0.1, -0.05) is 66.6 Å². The highest BCUT2D eigenvalue weighted by Gasteiger charge is 2.53. The minimum absolute atomic E-state index is 0.0859. The summed E-state index contributed by atoms with van der Waals surface area (Å²) < 4.78 is 0.